The summed E-state index contributed by atoms with van der Waals surface area (Å²) in [7, 11) is 0. The number of ether oxygens (including phenoxy) is 1. The van der Waals surface area contributed by atoms with Crippen LogP contribution in [0, 0.1) is 0 Å². The lowest BCUT2D eigenvalue weighted by Crippen LogP contribution is -2.31. The molecule has 2 N–H and O–H groups in total. The second-order valence-electron chi connectivity index (χ2n) is 10.8. The van der Waals surface area contributed by atoms with Crippen molar-refractivity contribution in [3.63, 3.8) is 0 Å². The van der Waals surface area contributed by atoms with Gasteiger partial charge in [-0.1, -0.05) is 54.6 Å². The summed E-state index contributed by atoms with van der Waals surface area (Å²) in [5.74, 6) is -2.48. The highest BCUT2D eigenvalue weighted by Crippen LogP contribution is 2.42. The maximum atomic E-state index is 14.4. The number of fused-ring (bicyclic) bond motifs is 1. The first-order chi connectivity index (χ1) is 21.7. The van der Waals surface area contributed by atoms with Gasteiger partial charge in [0, 0.05) is 13.1 Å². The Morgan fingerprint density at radius 1 is 0.957 bits per heavy atom. The lowest BCUT2D eigenvalue weighted by Gasteiger charge is -2.22. The summed E-state index contributed by atoms with van der Waals surface area (Å²) >= 11 is 0. The molecule has 0 spiro atoms. The number of aromatic nitrogens is 2. The predicted molar refractivity (Wildman–Crippen MR) is 154 cm³/mol. The maximum Gasteiger partial charge on any atom is 0.436 e. The lowest BCUT2D eigenvalue weighted by molar-refractivity contribution is -0.142. The molecule has 0 radical (unpaired) electrons. The van der Waals surface area contributed by atoms with Gasteiger partial charge in [-0.25, -0.2) is 9.48 Å². The smallest absolute Gasteiger partial charge is 0.436 e. The van der Waals surface area contributed by atoms with Gasteiger partial charge in [0.2, 0.25) is 0 Å². The fourth-order valence-corrected chi connectivity index (χ4v) is 5.29. The van der Waals surface area contributed by atoms with Crippen LogP contribution in [0.5, 0.6) is 0 Å². The van der Waals surface area contributed by atoms with Crippen LogP contribution >= 0.6 is 0 Å². The number of halogens is 6. The average molecular weight is 647 g/mol. The summed E-state index contributed by atoms with van der Waals surface area (Å²) in [5.41, 5.74) is -1.74. The van der Waals surface area contributed by atoms with Crippen molar-refractivity contribution in [2.45, 2.75) is 44.5 Å². The third kappa shape index (κ3) is 7.17. The number of carbonyl (C=O) groups is 2. The van der Waals surface area contributed by atoms with Crippen molar-refractivity contribution in [1.29, 1.82) is 0 Å². The number of hydrogen-bond acceptors (Lipinski definition) is 5. The van der Waals surface area contributed by atoms with Crippen LogP contribution in [-0.2, 0) is 30.2 Å². The summed E-state index contributed by atoms with van der Waals surface area (Å²) in [5, 5.41) is 15.5. The molecular formula is C32H28F6N4O4. The van der Waals surface area contributed by atoms with Gasteiger partial charge >= 0.3 is 18.3 Å². The van der Waals surface area contributed by atoms with E-state index in [1.54, 1.807) is 12.1 Å². The highest BCUT2D eigenvalue weighted by atomic mass is 19.4. The number of carboxylic acids is 1. The number of alkyl halides is 6. The zero-order valence-electron chi connectivity index (χ0n) is 24.3. The number of carbonyl (C=O) groups excluding carboxylic acids is 1. The zero-order valence-corrected chi connectivity index (χ0v) is 24.3. The van der Waals surface area contributed by atoms with Gasteiger partial charge in [0.05, 0.1) is 36.4 Å². The molecule has 14 heteroatoms. The van der Waals surface area contributed by atoms with Crippen molar-refractivity contribution >= 4 is 17.7 Å². The van der Waals surface area contributed by atoms with Crippen LogP contribution in [0.3, 0.4) is 0 Å². The molecule has 4 aromatic rings. The molecule has 0 fully saturated rings. The van der Waals surface area contributed by atoms with Crippen LogP contribution in [0.15, 0.2) is 78.9 Å². The average Bonchev–Trinajstić information content (AvgIpc) is 3.56. The van der Waals surface area contributed by atoms with Gasteiger partial charge in [-0.3, -0.25) is 4.79 Å². The summed E-state index contributed by atoms with van der Waals surface area (Å²) in [4.78, 5) is 26.2. The normalized spacial score (nSPS) is 15.5. The van der Waals surface area contributed by atoms with Crippen molar-refractivity contribution in [3.8, 4) is 0 Å². The Hall–Kier alpha value is -4.85. The molecule has 1 amide bonds. The Bertz CT molecular complexity index is 1700. The number of benzene rings is 3. The first-order valence-corrected chi connectivity index (χ1v) is 14.1. The van der Waals surface area contributed by atoms with Gasteiger partial charge in [0.15, 0.2) is 5.69 Å². The minimum absolute atomic E-state index is 0.0119. The van der Waals surface area contributed by atoms with Crippen LogP contribution in [-0.4, -0.2) is 39.9 Å². The highest BCUT2D eigenvalue weighted by Gasteiger charge is 2.46. The van der Waals surface area contributed by atoms with Gasteiger partial charge in [-0.2, -0.15) is 31.4 Å². The van der Waals surface area contributed by atoms with Gasteiger partial charge in [-0.15, -0.1) is 0 Å². The molecule has 0 saturated heterocycles. The van der Waals surface area contributed by atoms with E-state index in [1.807, 2.05) is 18.2 Å². The molecule has 1 aromatic heterocycles. The Balaban J connectivity index is 1.49. The summed E-state index contributed by atoms with van der Waals surface area (Å²) in [6, 6.07) is 17.3. The number of nitrogens with one attached hydrogen (secondary N) is 1. The fourth-order valence-electron chi connectivity index (χ4n) is 5.29. The first kappa shape index (κ1) is 32.5. The van der Waals surface area contributed by atoms with E-state index in [-0.39, 0.29) is 43.2 Å². The van der Waals surface area contributed by atoms with Gasteiger partial charge in [-0.05, 0) is 47.9 Å². The third-order valence-corrected chi connectivity index (χ3v) is 7.51. The van der Waals surface area contributed by atoms with Gasteiger partial charge in [0.25, 0.3) is 5.91 Å². The largest absolute Gasteiger partial charge is 0.478 e. The zero-order chi connectivity index (χ0) is 33.2. The van der Waals surface area contributed by atoms with E-state index in [2.05, 4.69) is 10.4 Å². The van der Waals surface area contributed by atoms with E-state index in [0.29, 0.717) is 5.56 Å². The van der Waals surface area contributed by atoms with E-state index >= 15 is 0 Å². The van der Waals surface area contributed by atoms with E-state index < -0.39 is 53.1 Å². The highest BCUT2D eigenvalue weighted by molar-refractivity contribution is 6.01. The minimum atomic E-state index is -5.05. The van der Waals surface area contributed by atoms with Crippen molar-refractivity contribution in [3.05, 3.63) is 118 Å². The number of rotatable bonds is 10. The molecule has 46 heavy (non-hydrogen) atoms. The minimum Gasteiger partial charge on any atom is -0.478 e. The molecule has 5 rings (SSSR count). The third-order valence-electron chi connectivity index (χ3n) is 7.51. The first-order valence-electron chi connectivity index (χ1n) is 14.1. The summed E-state index contributed by atoms with van der Waals surface area (Å²) in [6.45, 7) is 1.35. The van der Waals surface area contributed by atoms with E-state index in [9.17, 15) is 35.9 Å². The van der Waals surface area contributed by atoms with Crippen LogP contribution in [0.25, 0.3) is 0 Å². The molecule has 0 bridgehead atoms. The Labute approximate surface area is 259 Å². The molecule has 0 unspecified atom stereocenters. The summed E-state index contributed by atoms with van der Waals surface area (Å²) < 4.78 is 90.4. The molecule has 2 atom stereocenters. The number of amides is 1. The number of hydrogen-bond donors (Lipinski definition) is 2. The maximum absolute atomic E-state index is 14.4. The Kier molecular flexibility index (Phi) is 9.10. The number of nitrogens with zero attached hydrogens (tertiary/aromatic N) is 3. The predicted octanol–water partition coefficient (Wildman–Crippen LogP) is 6.89. The number of carboxylic acid groups (broad SMARTS) is 1. The monoisotopic (exact) mass is 646 g/mol. The quantitative estimate of drug-likeness (QED) is 0.182. The van der Waals surface area contributed by atoms with Gasteiger partial charge in [0.1, 0.15) is 11.4 Å². The second kappa shape index (κ2) is 12.9. The van der Waals surface area contributed by atoms with Crippen LogP contribution in [0.1, 0.15) is 67.7 Å². The molecule has 1 aliphatic rings. The second-order valence-corrected chi connectivity index (χ2v) is 10.8. The van der Waals surface area contributed by atoms with Crippen LogP contribution in [0.2, 0.25) is 0 Å². The van der Waals surface area contributed by atoms with E-state index in [4.69, 9.17) is 9.84 Å². The molecular weight excluding hydrogens is 618 g/mol. The molecule has 3 aromatic carbocycles. The molecule has 242 valence electrons. The van der Waals surface area contributed by atoms with Crippen LogP contribution < -0.4 is 10.2 Å². The number of anilines is 1. The Morgan fingerprint density at radius 3 is 2.26 bits per heavy atom. The molecule has 0 aliphatic carbocycles. The molecule has 0 saturated carbocycles. The van der Waals surface area contributed by atoms with Crippen LogP contribution in [0.4, 0.5) is 32.2 Å². The van der Waals surface area contributed by atoms with Crippen molar-refractivity contribution < 1.29 is 45.8 Å². The fraction of sp³-hybridized carbons (Fsp3) is 0.281. The molecule has 8 nitrogen and oxygen atoms in total. The lowest BCUT2D eigenvalue weighted by atomic mass is 10.1. The Morgan fingerprint density at radius 2 is 1.63 bits per heavy atom. The SMILES string of the molecule is C[C@H](NC(=O)c1c(C(F)(F)F)nn2c1N(Cc1cccc(C(F)(F)F)c1)C[C@H]2COCc1ccccc1)c1ccc(C(=O)O)cc1. The molecule has 1 aliphatic heterocycles. The number of aromatic carboxylic acids is 1. The topological polar surface area (TPSA) is 96.7 Å². The van der Waals surface area contributed by atoms with Gasteiger partial charge < -0.3 is 20.1 Å². The van der Waals surface area contributed by atoms with Crippen molar-refractivity contribution in [2.75, 3.05) is 18.1 Å². The summed E-state index contributed by atoms with van der Waals surface area (Å²) in [6.07, 6.45) is -9.68. The van der Waals surface area contributed by atoms with Crippen molar-refractivity contribution in [2.24, 2.45) is 0 Å². The van der Waals surface area contributed by atoms with Crippen molar-refractivity contribution in [1.82, 2.24) is 15.1 Å². The van der Waals surface area contributed by atoms with E-state index in [0.717, 1.165) is 22.4 Å². The molecule has 2 heterocycles. The van der Waals surface area contributed by atoms with E-state index in [1.165, 1.54) is 48.2 Å². The standard InChI is InChI=1S/C32H28F6N4O4/c1-19(22-10-12-23(13-11-22)30(44)45)39-28(43)26-27(32(36,37)38)40-42-25(18-46-17-20-6-3-2-4-7-20)16-41(29(26)42)15-21-8-5-9-24(14-21)31(33,34)35/h2-14,19,25H,15-18H2,1H3,(H,39,43)(H,44,45)/t19-,25-/m0/s1.